The predicted molar refractivity (Wildman–Crippen MR) is 350 cm³/mol. The van der Waals surface area contributed by atoms with Crippen LogP contribution in [-0.2, 0) is 51.8 Å². The minimum Gasteiger partial charge on any atom is -0.469 e. The minimum absolute atomic E-state index is 0.00803. The van der Waals surface area contributed by atoms with Crippen LogP contribution in [0.25, 0.3) is 0 Å². The third-order valence-corrected chi connectivity index (χ3v) is 34.9. The average molecular weight is 1300 g/mol. The number of aliphatic hydroxyl groups excluding tert-OH is 3. The molecule has 21 aliphatic rings. The Bertz CT molecular complexity index is 4040. The van der Waals surface area contributed by atoms with Gasteiger partial charge in [-0.05, 0) is 233 Å². The summed E-state index contributed by atoms with van der Waals surface area (Å²) >= 11 is 0. The molecular formula is C83H94N2O11. The van der Waals surface area contributed by atoms with Gasteiger partial charge >= 0.3 is 11.9 Å². The summed E-state index contributed by atoms with van der Waals surface area (Å²) < 4.78 is 39.1. The summed E-state index contributed by atoms with van der Waals surface area (Å²) in [6, 6.07) is 13.3. The number of aliphatic hydroxyl groups is 3. The van der Waals surface area contributed by atoms with Crippen molar-refractivity contribution in [3.05, 3.63) is 119 Å². The van der Waals surface area contributed by atoms with Crippen LogP contribution in [-0.4, -0.2) is 106 Å². The van der Waals surface area contributed by atoms with Crippen LogP contribution in [0.3, 0.4) is 0 Å². The van der Waals surface area contributed by atoms with Gasteiger partial charge in [0.2, 0.25) is 0 Å². The Kier molecular flexibility index (Phi) is 11.1. The summed E-state index contributed by atoms with van der Waals surface area (Å²) in [7, 11) is 0. The van der Waals surface area contributed by atoms with Crippen molar-refractivity contribution in [1.29, 1.82) is 0 Å². The quantitative estimate of drug-likeness (QED) is 0.0850. The lowest BCUT2D eigenvalue weighted by Gasteiger charge is -2.74. The molecule has 96 heavy (non-hydrogen) atoms. The second kappa shape index (κ2) is 18.5. The highest BCUT2D eigenvalue weighted by atomic mass is 16.7. The smallest absolute Gasteiger partial charge is 0.339 e. The number of rotatable bonds is 8. The number of furan rings is 1. The molecule has 1 aromatic carbocycles. The molecule has 14 aliphatic carbocycles. The molecule has 0 radical (unpaired) electrons. The lowest BCUT2D eigenvalue weighted by molar-refractivity contribution is -0.320. The van der Waals surface area contributed by atoms with E-state index in [-0.39, 0.29) is 83.5 Å². The summed E-state index contributed by atoms with van der Waals surface area (Å²) in [5.74, 6) is 8.16. The van der Waals surface area contributed by atoms with Crippen LogP contribution in [0.5, 0.6) is 0 Å². The van der Waals surface area contributed by atoms with E-state index in [9.17, 15) is 14.9 Å². The number of hydrogen-bond acceptors (Lipinski definition) is 13. The van der Waals surface area contributed by atoms with E-state index in [4.69, 9.17) is 18.6 Å². The van der Waals surface area contributed by atoms with Crippen LogP contribution in [0, 0.1) is 151 Å². The molecule has 2 aromatic rings. The summed E-state index contributed by atoms with van der Waals surface area (Å²) in [5, 5.41) is 42.6. The standard InChI is InChI=1S/C83H94N2O11/c1-74-38-52-39-75-37-46-20-26-78(75)73(91)93-42-77-68(52)80(70(89)67(88)69(77)81-53-17-14-49-16-19-59-56-11-5-9-47(56)21-25-76(59,61(49)34-53)66(81)35-55(33-54(75)30-46)82(77,78)96-81)62-31-45(29-44-7-3-2-4-8-44)12-13-48(62)10-6-24-79(74,95-72(90)71-83(74,80)94-71)60-23-28-92-65(60)36-58(64(87)41-86)50-15-18-57-51(32-50)22-27-85-43-84-40-63(57)85/h2-4,7-8,16,20-23,25-28,35,45-48,50-54,56-59,61-64,66,68-71,84,86-87,89H,5,9,11-15,17-19,24,29-34,36-43H2,1H3/t45-,46-,47-,48+,50+,51-,52+,53+,54-,56+,57-,58+,59+,61+,62+,63+,64-,66-,68-,69+,70-,71-,74+,75+,76-,77-,78-,79+,80+,81+,82-,83-/m1/s1. The summed E-state index contributed by atoms with van der Waals surface area (Å²) in [4.78, 5) is 54.4. The third kappa shape index (κ3) is 5.95. The molecule has 1 aromatic heterocycles. The van der Waals surface area contributed by atoms with E-state index in [0.717, 1.165) is 96.7 Å². The first-order valence-corrected chi connectivity index (χ1v) is 38.5. The fourth-order valence-electron chi connectivity index (χ4n) is 32.5. The first kappa shape index (κ1) is 57.7. The van der Waals surface area contributed by atoms with Crippen molar-refractivity contribution in [2.24, 2.45) is 139 Å². The molecule has 10 saturated carbocycles. The fraction of sp³-hybridized carbons (Fsp3) is 0.699. The molecule has 8 heterocycles. The number of carbonyl (C=O) groups is 3. The number of nitrogens with zero attached hydrogens (tertiary/aromatic N) is 1. The summed E-state index contributed by atoms with van der Waals surface area (Å²) in [6.07, 6.45) is 35.9. The van der Waals surface area contributed by atoms with Gasteiger partial charge in [-0.3, -0.25) is 14.9 Å². The molecular weight excluding hydrogens is 1200 g/mol. The predicted octanol–water partition coefficient (Wildman–Crippen LogP) is 10.7. The Morgan fingerprint density at radius 2 is 1.80 bits per heavy atom. The van der Waals surface area contributed by atoms with E-state index in [0.29, 0.717) is 78.6 Å². The Morgan fingerprint density at radius 1 is 0.896 bits per heavy atom. The van der Waals surface area contributed by atoms with Gasteiger partial charge in [0.1, 0.15) is 35.1 Å². The van der Waals surface area contributed by atoms with Gasteiger partial charge in [0.15, 0.2) is 17.5 Å². The van der Waals surface area contributed by atoms with E-state index in [1.807, 2.05) is 6.07 Å². The Balaban J connectivity index is 0.769. The van der Waals surface area contributed by atoms with Crippen LogP contribution >= 0.6 is 0 Å². The number of benzene rings is 1. The van der Waals surface area contributed by atoms with E-state index in [1.165, 1.54) is 30.4 Å². The number of esters is 2. The molecule has 0 unspecified atom stereocenters. The van der Waals surface area contributed by atoms with Crippen molar-refractivity contribution in [1.82, 2.24) is 10.2 Å². The van der Waals surface area contributed by atoms with Crippen molar-refractivity contribution in [2.45, 2.75) is 189 Å². The molecule has 12 bridgehead atoms. The molecule has 4 N–H and O–H groups in total. The number of Topliss-reactive ketones (excluding diaryl/α,β-unsaturated/α-hetero) is 1. The maximum Gasteiger partial charge on any atom is 0.339 e. The zero-order valence-electron chi connectivity index (χ0n) is 55.6. The first-order valence-electron chi connectivity index (χ1n) is 38.5. The molecule has 32 atom stereocenters. The first-order chi connectivity index (χ1) is 46.7. The van der Waals surface area contributed by atoms with Gasteiger partial charge in [0.05, 0.1) is 49.0 Å². The molecule has 8 spiro atoms. The number of nitrogens with one attached hydrogen (secondary N) is 1. The highest BCUT2D eigenvalue weighted by Gasteiger charge is 3.03. The maximum absolute atomic E-state index is 18.6. The third-order valence-electron chi connectivity index (χ3n) is 34.9. The Labute approximate surface area is 563 Å². The zero-order chi connectivity index (χ0) is 63.8. The second-order valence-electron chi connectivity index (χ2n) is 36.6. The van der Waals surface area contributed by atoms with Crippen molar-refractivity contribution >= 4 is 17.7 Å². The van der Waals surface area contributed by atoms with Crippen LogP contribution < -0.4 is 5.32 Å². The van der Waals surface area contributed by atoms with Gasteiger partial charge in [-0.15, -0.1) is 0 Å². The van der Waals surface area contributed by atoms with E-state index in [1.54, 1.807) is 11.8 Å². The summed E-state index contributed by atoms with van der Waals surface area (Å²) in [6.45, 7) is 3.77. The van der Waals surface area contributed by atoms with Crippen LogP contribution in [0.4, 0.5) is 0 Å². The highest BCUT2D eigenvalue weighted by Crippen LogP contribution is 2.95. The van der Waals surface area contributed by atoms with Gasteiger partial charge in [-0.2, -0.15) is 0 Å². The van der Waals surface area contributed by atoms with Crippen molar-refractivity contribution < 1.29 is 53.1 Å². The molecule has 23 rings (SSSR count). The number of ketones is 1. The van der Waals surface area contributed by atoms with Gasteiger partial charge in [-0.1, -0.05) is 104 Å². The van der Waals surface area contributed by atoms with Crippen LogP contribution in [0.15, 0.2) is 107 Å². The van der Waals surface area contributed by atoms with Gasteiger partial charge in [0.25, 0.3) is 0 Å². The number of fused-ring (bicyclic) bond motifs is 8. The molecule has 0 amide bonds. The lowest BCUT2D eigenvalue weighted by atomic mass is 9.27. The second-order valence-corrected chi connectivity index (χ2v) is 36.6. The maximum atomic E-state index is 18.6. The van der Waals surface area contributed by atoms with Gasteiger partial charge in [0, 0.05) is 52.7 Å². The largest absolute Gasteiger partial charge is 0.469 e. The number of allylic oxidation sites excluding steroid dienone is 6. The molecule has 502 valence electrons. The zero-order valence-corrected chi connectivity index (χ0v) is 55.6. The summed E-state index contributed by atoms with van der Waals surface area (Å²) in [5.41, 5.74) is -6.48. The normalized spacial score (nSPS) is 55.8. The van der Waals surface area contributed by atoms with Crippen molar-refractivity contribution in [3.8, 4) is 11.8 Å². The monoisotopic (exact) mass is 1290 g/mol. The molecule has 13 nitrogen and oxygen atoms in total. The highest BCUT2D eigenvalue weighted by molar-refractivity contribution is 5.96. The van der Waals surface area contributed by atoms with Gasteiger partial charge < -0.3 is 43.6 Å². The van der Waals surface area contributed by atoms with Crippen molar-refractivity contribution in [3.63, 3.8) is 0 Å². The molecule has 7 aliphatic heterocycles. The van der Waals surface area contributed by atoms with Crippen LogP contribution in [0.1, 0.15) is 146 Å². The van der Waals surface area contributed by atoms with E-state index < -0.39 is 98.1 Å². The average Bonchev–Trinajstić information content (AvgIpc) is 1.40. The SMILES string of the molecule is C[C@]12C[C@H]3C[C@]45C[C@@H]6C=C[C@@]47C(=O)OC[C@]48[C@H](C(=O)[C@@H](O)[C@@]9([C@H]34)[C@H]3C[C@@H](Cc4ccccc4)CC[C@@H]3C#CC[C@@]1(c1ccoc1C[C@@H]([C@H]1CC[C@@H]3[C@H](C=CN4CNC[C@@H]34)C1)[C@H](O)CO)OC(=O)[C@H]1O[C@@]192)[C@@]12O[C@]87C(=C[C@@H]1[C@]13C=C[C@H]4CCC[C@@H]4[C@@H]1CC=C1CC[C@H]2C[C@@H]13)C[C@H]5C6. The molecule has 5 saturated heterocycles. The Morgan fingerprint density at radius 3 is 2.70 bits per heavy atom. The number of cyclic esters (lactones) is 1. The molecule has 13 heteroatoms. The topological polar surface area (TPSA) is 181 Å². The van der Waals surface area contributed by atoms with Crippen molar-refractivity contribution in [2.75, 3.05) is 26.4 Å². The van der Waals surface area contributed by atoms with E-state index in [2.05, 4.69) is 108 Å². The number of ether oxygens (including phenoxy) is 4. The Hall–Kier alpha value is -5.07. The van der Waals surface area contributed by atoms with Crippen LogP contribution in [0.2, 0.25) is 0 Å². The lowest BCUT2D eigenvalue weighted by Crippen LogP contribution is -2.85. The molecule has 15 fully saturated rings. The number of hydrogen-bond donors (Lipinski definition) is 4. The van der Waals surface area contributed by atoms with Gasteiger partial charge in [-0.25, -0.2) is 4.79 Å². The number of carbonyl (C=O) groups excluding carboxylic acids is 3. The fourth-order valence-corrected chi connectivity index (χ4v) is 32.5. The van der Waals surface area contributed by atoms with E-state index >= 15 is 19.5 Å². The minimum atomic E-state index is -1.59. The number of epoxide rings is 1.